The third-order valence-corrected chi connectivity index (χ3v) is 3.19. The Labute approximate surface area is 87.1 Å². The molecule has 0 amide bonds. The minimum Gasteiger partial charge on any atom is -0.504 e. The minimum atomic E-state index is -0.188. The van der Waals surface area contributed by atoms with Crippen LogP contribution in [0.3, 0.4) is 0 Å². The maximum Gasteiger partial charge on any atom is 0.158 e. The van der Waals surface area contributed by atoms with Gasteiger partial charge < -0.3 is 15.9 Å². The lowest BCUT2D eigenvalue weighted by atomic mass is 9.95. The molecule has 1 aliphatic rings. The molecule has 14 heavy (non-hydrogen) atoms. The van der Waals surface area contributed by atoms with E-state index in [-0.39, 0.29) is 16.9 Å². The van der Waals surface area contributed by atoms with E-state index in [1.807, 2.05) is 0 Å². The van der Waals surface area contributed by atoms with Gasteiger partial charge in [-0.05, 0) is 24.5 Å². The first-order valence-electron chi connectivity index (χ1n) is 4.51. The Morgan fingerprint density at radius 3 is 2.36 bits per heavy atom. The van der Waals surface area contributed by atoms with Crippen molar-refractivity contribution in [3.8, 4) is 11.5 Å². The summed E-state index contributed by atoms with van der Waals surface area (Å²) < 4.78 is 0. The summed E-state index contributed by atoms with van der Waals surface area (Å²) in [6.07, 6.45) is 1.99. The zero-order chi connectivity index (χ0) is 10.3. The Hall–Kier alpha value is -0.930. The first kappa shape index (κ1) is 9.62. The van der Waals surface area contributed by atoms with E-state index in [0.29, 0.717) is 11.6 Å². The van der Waals surface area contributed by atoms with Crippen molar-refractivity contribution in [3.63, 3.8) is 0 Å². The van der Waals surface area contributed by atoms with Gasteiger partial charge in [0.2, 0.25) is 0 Å². The summed E-state index contributed by atoms with van der Waals surface area (Å²) in [6.45, 7) is 0.525. The summed E-state index contributed by atoms with van der Waals surface area (Å²) >= 11 is 5.98. The highest BCUT2D eigenvalue weighted by atomic mass is 35.5. The maximum atomic E-state index is 9.36. The second-order valence-electron chi connectivity index (χ2n) is 3.81. The van der Waals surface area contributed by atoms with Gasteiger partial charge in [0.25, 0.3) is 0 Å². The summed E-state index contributed by atoms with van der Waals surface area (Å²) in [4.78, 5) is 0. The van der Waals surface area contributed by atoms with Crippen molar-refractivity contribution < 1.29 is 10.2 Å². The molecule has 1 aliphatic carbocycles. The molecule has 0 heterocycles. The Morgan fingerprint density at radius 1 is 1.29 bits per heavy atom. The molecule has 4 N–H and O–H groups in total. The highest BCUT2D eigenvalue weighted by molar-refractivity contribution is 6.31. The standard InChI is InChI=1S/C10H12ClNO2/c11-7-4-9(14)8(13)3-6(7)10(5-12)1-2-10/h3-4,13-14H,1-2,5,12H2. The van der Waals surface area contributed by atoms with E-state index in [4.69, 9.17) is 17.3 Å². The number of benzene rings is 1. The normalized spacial score (nSPS) is 18.1. The molecule has 1 saturated carbocycles. The number of nitrogens with two attached hydrogens (primary N) is 1. The molecule has 0 spiro atoms. The summed E-state index contributed by atoms with van der Waals surface area (Å²) in [5, 5.41) is 19.1. The molecule has 0 atom stereocenters. The third kappa shape index (κ3) is 1.33. The molecule has 3 nitrogen and oxygen atoms in total. The molecule has 1 aromatic rings. The number of hydrogen-bond acceptors (Lipinski definition) is 3. The van der Waals surface area contributed by atoms with Gasteiger partial charge >= 0.3 is 0 Å². The van der Waals surface area contributed by atoms with Gasteiger partial charge in [0.1, 0.15) is 0 Å². The molecule has 1 aromatic carbocycles. The highest BCUT2D eigenvalue weighted by Crippen LogP contribution is 2.51. The summed E-state index contributed by atoms with van der Waals surface area (Å²) in [7, 11) is 0. The molecule has 0 aliphatic heterocycles. The fraction of sp³-hybridized carbons (Fsp3) is 0.400. The minimum absolute atomic E-state index is 0.0672. The van der Waals surface area contributed by atoms with Crippen LogP contribution in [-0.4, -0.2) is 16.8 Å². The number of phenolic OH excluding ortho intramolecular Hbond substituents is 2. The van der Waals surface area contributed by atoms with Gasteiger partial charge in [-0.15, -0.1) is 0 Å². The molecule has 2 rings (SSSR count). The van der Waals surface area contributed by atoms with Gasteiger partial charge in [-0.1, -0.05) is 11.6 Å². The third-order valence-electron chi connectivity index (χ3n) is 2.88. The lowest BCUT2D eigenvalue weighted by Gasteiger charge is -2.15. The summed E-state index contributed by atoms with van der Waals surface area (Å²) in [6, 6.07) is 2.87. The Kier molecular flexibility index (Phi) is 2.09. The number of phenols is 2. The molecule has 0 radical (unpaired) electrons. The van der Waals surface area contributed by atoms with Crippen LogP contribution in [0.5, 0.6) is 11.5 Å². The smallest absolute Gasteiger partial charge is 0.158 e. The highest BCUT2D eigenvalue weighted by Gasteiger charge is 2.44. The number of rotatable bonds is 2. The van der Waals surface area contributed by atoms with Crippen LogP contribution in [0.25, 0.3) is 0 Å². The Bertz CT molecular complexity index is 375. The van der Waals surface area contributed by atoms with E-state index in [1.165, 1.54) is 12.1 Å². The molecule has 0 aromatic heterocycles. The van der Waals surface area contributed by atoms with Crippen LogP contribution in [0.2, 0.25) is 5.02 Å². The number of aromatic hydroxyl groups is 2. The van der Waals surface area contributed by atoms with Gasteiger partial charge in [0.15, 0.2) is 11.5 Å². The topological polar surface area (TPSA) is 66.5 Å². The fourth-order valence-electron chi connectivity index (χ4n) is 1.69. The molecular formula is C10H12ClNO2. The van der Waals surface area contributed by atoms with E-state index >= 15 is 0 Å². The molecule has 4 heteroatoms. The van der Waals surface area contributed by atoms with Gasteiger partial charge in [-0.3, -0.25) is 0 Å². The van der Waals surface area contributed by atoms with Crippen molar-refractivity contribution in [2.24, 2.45) is 5.73 Å². The zero-order valence-electron chi connectivity index (χ0n) is 7.63. The van der Waals surface area contributed by atoms with Crippen LogP contribution < -0.4 is 5.73 Å². The van der Waals surface area contributed by atoms with Crippen molar-refractivity contribution in [2.45, 2.75) is 18.3 Å². The van der Waals surface area contributed by atoms with Crippen molar-refractivity contribution in [1.29, 1.82) is 0 Å². The van der Waals surface area contributed by atoms with Gasteiger partial charge in [-0.25, -0.2) is 0 Å². The van der Waals surface area contributed by atoms with Gasteiger partial charge in [0.05, 0.1) is 0 Å². The van der Waals surface area contributed by atoms with E-state index in [0.717, 1.165) is 18.4 Å². The molecule has 76 valence electrons. The van der Waals surface area contributed by atoms with Crippen LogP contribution in [0.15, 0.2) is 12.1 Å². The second-order valence-corrected chi connectivity index (χ2v) is 4.21. The quantitative estimate of drug-likeness (QED) is 0.656. The van der Waals surface area contributed by atoms with Crippen LogP contribution in [0.4, 0.5) is 0 Å². The van der Waals surface area contributed by atoms with Crippen molar-refractivity contribution in [3.05, 3.63) is 22.7 Å². The van der Waals surface area contributed by atoms with E-state index in [2.05, 4.69) is 0 Å². The Morgan fingerprint density at radius 2 is 1.86 bits per heavy atom. The summed E-state index contributed by atoms with van der Waals surface area (Å²) in [5.74, 6) is -0.323. The van der Waals surface area contributed by atoms with Crippen molar-refractivity contribution in [1.82, 2.24) is 0 Å². The largest absolute Gasteiger partial charge is 0.504 e. The van der Waals surface area contributed by atoms with E-state index in [1.54, 1.807) is 0 Å². The zero-order valence-corrected chi connectivity index (χ0v) is 8.38. The van der Waals surface area contributed by atoms with Crippen LogP contribution >= 0.6 is 11.6 Å². The predicted molar refractivity (Wildman–Crippen MR) is 54.7 cm³/mol. The Balaban J connectivity index is 2.49. The van der Waals surface area contributed by atoms with Gasteiger partial charge in [-0.2, -0.15) is 0 Å². The molecular weight excluding hydrogens is 202 g/mol. The molecule has 1 fully saturated rings. The predicted octanol–water partition coefficient (Wildman–Crippen LogP) is 1.74. The second kappa shape index (κ2) is 3.04. The number of halogens is 1. The van der Waals surface area contributed by atoms with Crippen LogP contribution in [-0.2, 0) is 5.41 Å². The lowest BCUT2D eigenvalue weighted by molar-refractivity contribution is 0.402. The van der Waals surface area contributed by atoms with Crippen LogP contribution in [0, 0.1) is 0 Å². The monoisotopic (exact) mass is 213 g/mol. The average molecular weight is 214 g/mol. The van der Waals surface area contributed by atoms with Crippen molar-refractivity contribution >= 4 is 11.6 Å². The number of hydrogen-bond donors (Lipinski definition) is 3. The molecule has 0 unspecified atom stereocenters. The van der Waals surface area contributed by atoms with E-state index in [9.17, 15) is 10.2 Å². The summed E-state index contributed by atoms with van der Waals surface area (Å²) in [5.41, 5.74) is 6.43. The van der Waals surface area contributed by atoms with Crippen LogP contribution in [0.1, 0.15) is 18.4 Å². The van der Waals surface area contributed by atoms with Crippen molar-refractivity contribution in [2.75, 3.05) is 6.54 Å². The SMILES string of the molecule is NCC1(c2cc(O)c(O)cc2Cl)CC1. The van der Waals surface area contributed by atoms with Gasteiger partial charge in [0, 0.05) is 23.0 Å². The first-order valence-corrected chi connectivity index (χ1v) is 4.89. The molecule has 0 bridgehead atoms. The fourth-order valence-corrected chi connectivity index (χ4v) is 2.05. The lowest BCUT2D eigenvalue weighted by Crippen LogP contribution is -2.19. The first-order chi connectivity index (χ1) is 6.59. The average Bonchev–Trinajstić information content (AvgIpc) is 2.92. The molecule has 0 saturated heterocycles. The van der Waals surface area contributed by atoms with E-state index < -0.39 is 0 Å². The maximum absolute atomic E-state index is 9.36.